The molecule has 1 atom stereocenters. The van der Waals surface area contributed by atoms with Gasteiger partial charge in [0, 0.05) is 12.4 Å². The van der Waals surface area contributed by atoms with E-state index in [9.17, 15) is 10.1 Å². The highest BCUT2D eigenvalue weighted by molar-refractivity contribution is 7.99. The molecule has 3 rings (SSSR count). The minimum absolute atomic E-state index is 0.129. The van der Waals surface area contributed by atoms with Gasteiger partial charge >= 0.3 is 0 Å². The summed E-state index contributed by atoms with van der Waals surface area (Å²) in [6.45, 7) is 5.94. The van der Waals surface area contributed by atoms with Gasteiger partial charge in [0.2, 0.25) is 5.91 Å². The van der Waals surface area contributed by atoms with Crippen molar-refractivity contribution < 1.29 is 4.79 Å². The summed E-state index contributed by atoms with van der Waals surface area (Å²) in [5, 5.41) is 13.0. The van der Waals surface area contributed by atoms with E-state index in [0.29, 0.717) is 0 Å². The molecule has 1 amide bonds. The molecule has 1 aromatic heterocycles. The van der Waals surface area contributed by atoms with Crippen molar-refractivity contribution in [3.8, 4) is 11.8 Å². The number of carbonyl (C=O) groups excluding carboxylic acids is 1. The Hall–Kier alpha value is -2.26. The Bertz CT molecular complexity index is 834. The molecular formula is C19H22N4OS. The SMILES string of the molecule is Cc1ccc(-n2ccnc2SCC(=O)NC(C)(C#N)C2CC2)c(C)c1. The van der Waals surface area contributed by atoms with Gasteiger partial charge in [-0.2, -0.15) is 5.26 Å². The van der Waals surface area contributed by atoms with E-state index in [-0.39, 0.29) is 17.6 Å². The lowest BCUT2D eigenvalue weighted by molar-refractivity contribution is -0.119. The van der Waals surface area contributed by atoms with Crippen LogP contribution in [0.25, 0.3) is 5.69 Å². The van der Waals surface area contributed by atoms with Crippen LogP contribution >= 0.6 is 11.8 Å². The zero-order valence-corrected chi connectivity index (χ0v) is 15.6. The van der Waals surface area contributed by atoms with Gasteiger partial charge in [0.05, 0.1) is 17.5 Å². The van der Waals surface area contributed by atoms with Crippen molar-refractivity contribution in [2.24, 2.45) is 5.92 Å². The molecule has 0 bridgehead atoms. The number of hydrogen-bond acceptors (Lipinski definition) is 4. The molecule has 1 heterocycles. The molecule has 1 aliphatic rings. The Morgan fingerprint density at radius 2 is 2.24 bits per heavy atom. The highest BCUT2D eigenvalue weighted by Crippen LogP contribution is 2.39. The molecule has 1 fully saturated rings. The van der Waals surface area contributed by atoms with Crippen LogP contribution in [0, 0.1) is 31.1 Å². The van der Waals surface area contributed by atoms with Gasteiger partial charge in [-0.1, -0.05) is 29.5 Å². The van der Waals surface area contributed by atoms with Gasteiger partial charge in [-0.25, -0.2) is 4.98 Å². The number of thioether (sulfide) groups is 1. The van der Waals surface area contributed by atoms with Gasteiger partial charge in [0.15, 0.2) is 5.16 Å². The zero-order valence-electron chi connectivity index (χ0n) is 14.7. The van der Waals surface area contributed by atoms with E-state index < -0.39 is 5.54 Å². The lowest BCUT2D eigenvalue weighted by Crippen LogP contribution is -2.47. The van der Waals surface area contributed by atoms with Gasteiger partial charge < -0.3 is 5.32 Å². The van der Waals surface area contributed by atoms with Gasteiger partial charge in [0.25, 0.3) is 0 Å². The number of nitrogens with one attached hydrogen (secondary N) is 1. The van der Waals surface area contributed by atoms with E-state index in [2.05, 4.69) is 48.4 Å². The molecule has 25 heavy (non-hydrogen) atoms. The van der Waals surface area contributed by atoms with Crippen LogP contribution in [0.2, 0.25) is 0 Å². The lowest BCUT2D eigenvalue weighted by Gasteiger charge is -2.22. The third-order valence-electron chi connectivity index (χ3n) is 4.58. The highest BCUT2D eigenvalue weighted by Gasteiger charge is 2.42. The van der Waals surface area contributed by atoms with Crippen LogP contribution in [0.15, 0.2) is 35.7 Å². The van der Waals surface area contributed by atoms with Gasteiger partial charge in [-0.05, 0) is 51.2 Å². The van der Waals surface area contributed by atoms with Gasteiger partial charge in [0.1, 0.15) is 5.54 Å². The van der Waals surface area contributed by atoms with Crippen molar-refractivity contribution in [1.29, 1.82) is 5.26 Å². The monoisotopic (exact) mass is 354 g/mol. The molecular weight excluding hydrogens is 332 g/mol. The van der Waals surface area contributed by atoms with Crippen LogP contribution < -0.4 is 5.32 Å². The molecule has 0 radical (unpaired) electrons. The van der Waals surface area contributed by atoms with Crippen molar-refractivity contribution in [2.45, 2.75) is 44.3 Å². The first kappa shape index (κ1) is 17.6. The van der Waals surface area contributed by atoms with Crippen molar-refractivity contribution in [3.63, 3.8) is 0 Å². The summed E-state index contributed by atoms with van der Waals surface area (Å²) in [5.74, 6) is 0.395. The average Bonchev–Trinajstić information content (AvgIpc) is 3.33. The van der Waals surface area contributed by atoms with Crippen LogP contribution in [0.5, 0.6) is 0 Å². The first-order chi connectivity index (χ1) is 11.9. The summed E-state index contributed by atoms with van der Waals surface area (Å²) in [4.78, 5) is 16.7. The molecule has 0 aliphatic heterocycles. The quantitative estimate of drug-likeness (QED) is 0.807. The summed E-state index contributed by atoms with van der Waals surface area (Å²) < 4.78 is 2.00. The average molecular weight is 354 g/mol. The number of carbonyl (C=O) groups is 1. The number of nitrogens with zero attached hydrogens (tertiary/aromatic N) is 3. The van der Waals surface area contributed by atoms with Gasteiger partial charge in [-0.15, -0.1) is 0 Å². The van der Waals surface area contributed by atoms with Crippen LogP contribution in [0.4, 0.5) is 0 Å². The van der Waals surface area contributed by atoms with Crippen molar-refractivity contribution >= 4 is 17.7 Å². The summed E-state index contributed by atoms with van der Waals surface area (Å²) in [6, 6.07) is 8.51. The Morgan fingerprint density at radius 3 is 2.88 bits per heavy atom. The predicted molar refractivity (Wildman–Crippen MR) is 98.6 cm³/mol. The topological polar surface area (TPSA) is 70.7 Å². The normalized spacial score (nSPS) is 16.1. The molecule has 130 valence electrons. The minimum Gasteiger partial charge on any atom is -0.337 e. The van der Waals surface area contributed by atoms with Crippen LogP contribution in [-0.4, -0.2) is 26.8 Å². The Labute approximate surface area is 152 Å². The predicted octanol–water partition coefficient (Wildman–Crippen LogP) is 3.39. The minimum atomic E-state index is -0.749. The van der Waals surface area contributed by atoms with Crippen molar-refractivity contribution in [1.82, 2.24) is 14.9 Å². The maximum absolute atomic E-state index is 12.3. The van der Waals surface area contributed by atoms with Crippen LogP contribution in [0.1, 0.15) is 30.9 Å². The first-order valence-electron chi connectivity index (χ1n) is 8.39. The number of aromatic nitrogens is 2. The largest absolute Gasteiger partial charge is 0.337 e. The molecule has 0 saturated heterocycles. The van der Waals surface area contributed by atoms with Crippen LogP contribution in [0.3, 0.4) is 0 Å². The summed E-state index contributed by atoms with van der Waals surface area (Å²) in [7, 11) is 0. The fourth-order valence-corrected chi connectivity index (χ4v) is 3.76. The van der Waals surface area contributed by atoms with E-state index >= 15 is 0 Å². The van der Waals surface area contributed by atoms with Crippen molar-refractivity contribution in [3.05, 3.63) is 41.7 Å². The fraction of sp³-hybridized carbons (Fsp3) is 0.421. The molecule has 2 aromatic rings. The number of imidazole rings is 1. The second-order valence-electron chi connectivity index (χ2n) is 6.80. The highest BCUT2D eigenvalue weighted by atomic mass is 32.2. The Kier molecular flexibility index (Phi) is 4.87. The molecule has 6 heteroatoms. The van der Waals surface area contributed by atoms with Crippen molar-refractivity contribution in [2.75, 3.05) is 5.75 Å². The standard InChI is InChI=1S/C19H22N4OS/c1-13-4-7-16(14(2)10-13)23-9-8-21-18(23)25-11-17(24)22-19(3,12-20)15-5-6-15/h4,7-10,15H,5-6,11H2,1-3H3,(H,22,24). The second kappa shape index (κ2) is 6.93. The van der Waals surface area contributed by atoms with E-state index in [4.69, 9.17) is 0 Å². The maximum atomic E-state index is 12.3. The third-order valence-corrected chi connectivity index (χ3v) is 5.54. The Balaban J connectivity index is 1.68. The van der Waals surface area contributed by atoms with E-state index in [0.717, 1.165) is 29.2 Å². The number of benzene rings is 1. The number of nitriles is 1. The molecule has 1 N–H and O–H groups in total. The van der Waals surface area contributed by atoms with Gasteiger partial charge in [-0.3, -0.25) is 9.36 Å². The summed E-state index contributed by atoms with van der Waals surface area (Å²) in [6.07, 6.45) is 5.66. The smallest absolute Gasteiger partial charge is 0.231 e. The number of hydrogen-bond donors (Lipinski definition) is 1. The summed E-state index contributed by atoms with van der Waals surface area (Å²) in [5.41, 5.74) is 2.69. The zero-order chi connectivity index (χ0) is 18.0. The van der Waals surface area contributed by atoms with E-state index in [1.807, 2.05) is 17.7 Å². The van der Waals surface area contributed by atoms with E-state index in [1.54, 1.807) is 6.20 Å². The molecule has 1 unspecified atom stereocenters. The van der Waals surface area contributed by atoms with Crippen LogP contribution in [-0.2, 0) is 4.79 Å². The number of amides is 1. The molecule has 1 aromatic carbocycles. The molecule has 0 spiro atoms. The molecule has 1 aliphatic carbocycles. The second-order valence-corrected chi connectivity index (χ2v) is 7.74. The fourth-order valence-electron chi connectivity index (χ4n) is 2.99. The third kappa shape index (κ3) is 3.88. The maximum Gasteiger partial charge on any atom is 0.231 e. The molecule has 1 saturated carbocycles. The number of aryl methyl sites for hydroxylation is 2. The Morgan fingerprint density at radius 1 is 1.48 bits per heavy atom. The number of rotatable bonds is 6. The lowest BCUT2D eigenvalue weighted by atomic mass is 9.98. The first-order valence-corrected chi connectivity index (χ1v) is 9.37. The summed E-state index contributed by atoms with van der Waals surface area (Å²) >= 11 is 1.38. The molecule has 5 nitrogen and oxygen atoms in total. The van der Waals surface area contributed by atoms with E-state index in [1.165, 1.54) is 17.3 Å².